The highest BCUT2D eigenvalue weighted by atomic mass is 16.4. The predicted molar refractivity (Wildman–Crippen MR) is 60.8 cm³/mol. The third-order valence-electron chi connectivity index (χ3n) is 2.79. The molecular weight excluding hydrogens is 226 g/mol. The minimum atomic E-state index is -1.31. The molecule has 0 aromatic carbocycles. The summed E-state index contributed by atoms with van der Waals surface area (Å²) in [4.78, 5) is 33.3. The van der Waals surface area contributed by atoms with Crippen LogP contribution in [0.5, 0.6) is 0 Å². The first-order valence-corrected chi connectivity index (χ1v) is 5.29. The molecular formula is C10H19N3O4. The normalized spacial score (nSPS) is 15.7. The predicted octanol–water partition coefficient (Wildman–Crippen LogP) is -1.19. The quantitative estimate of drug-likeness (QED) is 0.447. The maximum atomic E-state index is 11.8. The molecule has 0 aromatic heterocycles. The molecule has 98 valence electrons. The molecule has 2 unspecified atom stereocenters. The molecule has 0 bridgehead atoms. The zero-order valence-corrected chi connectivity index (χ0v) is 10.0. The SMILES string of the molecule is CCC(C)(CN)C(=O)NC(CC(N)=O)C(=O)O. The van der Waals surface area contributed by atoms with Crippen molar-refractivity contribution in [1.29, 1.82) is 0 Å². The topological polar surface area (TPSA) is 136 Å². The fourth-order valence-corrected chi connectivity index (χ4v) is 1.13. The average Bonchev–Trinajstić information content (AvgIpc) is 2.26. The number of hydrogen-bond donors (Lipinski definition) is 4. The van der Waals surface area contributed by atoms with Gasteiger partial charge >= 0.3 is 5.97 Å². The van der Waals surface area contributed by atoms with Gasteiger partial charge in [-0.1, -0.05) is 6.92 Å². The summed E-state index contributed by atoms with van der Waals surface area (Å²) in [5, 5.41) is 11.1. The highest BCUT2D eigenvalue weighted by Gasteiger charge is 2.33. The molecule has 6 N–H and O–H groups in total. The van der Waals surface area contributed by atoms with E-state index in [0.717, 1.165) is 0 Å². The molecule has 0 fully saturated rings. The van der Waals surface area contributed by atoms with Crippen LogP contribution < -0.4 is 16.8 Å². The number of carbonyl (C=O) groups excluding carboxylic acids is 2. The van der Waals surface area contributed by atoms with Crippen molar-refractivity contribution in [2.45, 2.75) is 32.7 Å². The van der Waals surface area contributed by atoms with E-state index < -0.39 is 35.7 Å². The molecule has 7 nitrogen and oxygen atoms in total. The van der Waals surface area contributed by atoms with Crippen LogP contribution in [0.15, 0.2) is 0 Å². The minimum absolute atomic E-state index is 0.0955. The van der Waals surface area contributed by atoms with E-state index in [1.807, 2.05) is 0 Å². The van der Waals surface area contributed by atoms with Crippen LogP contribution in [0.2, 0.25) is 0 Å². The van der Waals surface area contributed by atoms with Gasteiger partial charge in [0.25, 0.3) is 0 Å². The Balaban J connectivity index is 4.71. The van der Waals surface area contributed by atoms with Crippen LogP contribution >= 0.6 is 0 Å². The lowest BCUT2D eigenvalue weighted by atomic mass is 9.86. The molecule has 17 heavy (non-hydrogen) atoms. The van der Waals surface area contributed by atoms with E-state index in [9.17, 15) is 14.4 Å². The van der Waals surface area contributed by atoms with Crippen molar-refractivity contribution in [2.75, 3.05) is 6.54 Å². The Morgan fingerprint density at radius 1 is 1.41 bits per heavy atom. The summed E-state index contributed by atoms with van der Waals surface area (Å²) >= 11 is 0. The zero-order valence-electron chi connectivity index (χ0n) is 10.0. The first-order chi connectivity index (χ1) is 7.76. The third-order valence-corrected chi connectivity index (χ3v) is 2.79. The standard InChI is InChI=1S/C10H19N3O4/c1-3-10(2,5-11)9(17)13-6(8(15)16)4-7(12)14/h6H,3-5,11H2,1-2H3,(H2,12,14)(H,13,17)(H,15,16). The van der Waals surface area contributed by atoms with E-state index in [4.69, 9.17) is 16.6 Å². The van der Waals surface area contributed by atoms with Gasteiger partial charge in [-0.3, -0.25) is 9.59 Å². The van der Waals surface area contributed by atoms with Crippen molar-refractivity contribution in [1.82, 2.24) is 5.32 Å². The second-order valence-corrected chi connectivity index (χ2v) is 4.15. The molecule has 2 atom stereocenters. The monoisotopic (exact) mass is 245 g/mol. The van der Waals surface area contributed by atoms with Crippen molar-refractivity contribution in [3.05, 3.63) is 0 Å². The highest BCUT2D eigenvalue weighted by Crippen LogP contribution is 2.19. The van der Waals surface area contributed by atoms with Gasteiger partial charge in [-0.15, -0.1) is 0 Å². The molecule has 0 aliphatic rings. The summed E-state index contributed by atoms with van der Waals surface area (Å²) in [6.07, 6.45) is 0.0314. The molecule has 0 aliphatic carbocycles. The lowest BCUT2D eigenvalue weighted by Gasteiger charge is -2.26. The Morgan fingerprint density at radius 2 is 1.94 bits per heavy atom. The molecule has 0 radical (unpaired) electrons. The van der Waals surface area contributed by atoms with Crippen molar-refractivity contribution in [2.24, 2.45) is 16.9 Å². The van der Waals surface area contributed by atoms with Crippen molar-refractivity contribution < 1.29 is 19.5 Å². The highest BCUT2D eigenvalue weighted by molar-refractivity contribution is 5.90. The minimum Gasteiger partial charge on any atom is -0.480 e. The molecule has 2 amide bonds. The van der Waals surface area contributed by atoms with E-state index in [2.05, 4.69) is 5.32 Å². The first-order valence-electron chi connectivity index (χ1n) is 5.29. The number of nitrogens with one attached hydrogen (secondary N) is 1. The van der Waals surface area contributed by atoms with Crippen LogP contribution in [0.25, 0.3) is 0 Å². The smallest absolute Gasteiger partial charge is 0.326 e. The summed E-state index contributed by atoms with van der Waals surface area (Å²) in [6.45, 7) is 3.50. The maximum absolute atomic E-state index is 11.8. The number of nitrogens with two attached hydrogens (primary N) is 2. The number of rotatable bonds is 7. The average molecular weight is 245 g/mol. The number of aliphatic carboxylic acids is 1. The fraction of sp³-hybridized carbons (Fsp3) is 0.700. The first kappa shape index (κ1) is 15.4. The number of carboxylic acid groups (broad SMARTS) is 1. The van der Waals surface area contributed by atoms with E-state index in [-0.39, 0.29) is 6.54 Å². The van der Waals surface area contributed by atoms with E-state index in [1.54, 1.807) is 13.8 Å². The molecule has 7 heteroatoms. The molecule has 0 saturated heterocycles. The molecule has 0 saturated carbocycles. The number of carboxylic acids is 1. The second-order valence-electron chi connectivity index (χ2n) is 4.15. The summed E-state index contributed by atoms with van der Waals surface area (Å²) < 4.78 is 0. The van der Waals surface area contributed by atoms with Crippen LogP contribution in [-0.4, -0.2) is 35.5 Å². The van der Waals surface area contributed by atoms with Gasteiger partial charge in [-0.2, -0.15) is 0 Å². The summed E-state index contributed by atoms with van der Waals surface area (Å²) in [5.41, 5.74) is 9.53. The van der Waals surface area contributed by atoms with E-state index in [1.165, 1.54) is 0 Å². The van der Waals surface area contributed by atoms with Gasteiger partial charge in [0.1, 0.15) is 6.04 Å². The number of amides is 2. The summed E-state index contributed by atoms with van der Waals surface area (Å²) in [7, 11) is 0. The zero-order chi connectivity index (χ0) is 13.6. The van der Waals surface area contributed by atoms with Gasteiger partial charge in [-0.05, 0) is 13.3 Å². The Morgan fingerprint density at radius 3 is 2.24 bits per heavy atom. The largest absolute Gasteiger partial charge is 0.480 e. The lowest BCUT2D eigenvalue weighted by molar-refractivity contribution is -0.145. The van der Waals surface area contributed by atoms with E-state index >= 15 is 0 Å². The fourth-order valence-electron chi connectivity index (χ4n) is 1.13. The number of primary amides is 1. The third kappa shape index (κ3) is 4.39. The number of hydrogen-bond acceptors (Lipinski definition) is 4. The van der Waals surface area contributed by atoms with Gasteiger partial charge in [0, 0.05) is 6.54 Å². The Labute approximate surface area is 99.5 Å². The van der Waals surface area contributed by atoms with Crippen LogP contribution in [0, 0.1) is 5.41 Å². The number of carbonyl (C=O) groups is 3. The van der Waals surface area contributed by atoms with Crippen molar-refractivity contribution in [3.8, 4) is 0 Å². The van der Waals surface area contributed by atoms with Crippen LogP contribution in [0.1, 0.15) is 26.7 Å². The lowest BCUT2D eigenvalue weighted by Crippen LogP contribution is -2.51. The van der Waals surface area contributed by atoms with Gasteiger partial charge in [0.05, 0.1) is 11.8 Å². The Hall–Kier alpha value is -1.63. The molecule has 0 heterocycles. The van der Waals surface area contributed by atoms with Crippen LogP contribution in [0.3, 0.4) is 0 Å². The second kappa shape index (κ2) is 6.19. The van der Waals surface area contributed by atoms with Gasteiger partial charge in [-0.25, -0.2) is 4.79 Å². The van der Waals surface area contributed by atoms with Crippen LogP contribution in [0.4, 0.5) is 0 Å². The maximum Gasteiger partial charge on any atom is 0.326 e. The Kier molecular flexibility index (Phi) is 5.60. The molecule has 0 aromatic rings. The van der Waals surface area contributed by atoms with E-state index in [0.29, 0.717) is 6.42 Å². The van der Waals surface area contributed by atoms with Crippen molar-refractivity contribution >= 4 is 17.8 Å². The Bertz CT molecular complexity index is 313. The van der Waals surface area contributed by atoms with Crippen LogP contribution in [-0.2, 0) is 14.4 Å². The molecule has 0 rings (SSSR count). The van der Waals surface area contributed by atoms with Gasteiger partial charge in [0.15, 0.2) is 0 Å². The van der Waals surface area contributed by atoms with Gasteiger partial charge in [0.2, 0.25) is 11.8 Å². The molecule has 0 aliphatic heterocycles. The van der Waals surface area contributed by atoms with Gasteiger partial charge < -0.3 is 21.9 Å². The summed E-state index contributed by atoms with van der Waals surface area (Å²) in [6, 6.07) is -1.31. The van der Waals surface area contributed by atoms with Crippen molar-refractivity contribution in [3.63, 3.8) is 0 Å². The summed E-state index contributed by atoms with van der Waals surface area (Å²) in [5.74, 6) is -2.58. The molecule has 0 spiro atoms.